The number of methoxy groups -OCH3 is 1. The maximum Gasteiger partial charge on any atom is 0.307 e. The molecule has 3 aromatic carbocycles. The molecule has 4 rings (SSSR count). The fourth-order valence-corrected chi connectivity index (χ4v) is 4.18. The monoisotopic (exact) mass is 521 g/mol. The Bertz CT molecular complexity index is 1280. The third-order valence-electron chi connectivity index (χ3n) is 5.56. The number of carbonyl (C=O) groups is 3. The standard InChI is InChI=1S/C26H20BrNO6/c1-34-20-12-6-16(7-13-20)23-22(24(31)17-4-8-18(27)9-5-17)25(32)26(33)28(23)19-10-2-15(3-11-19)14-21(29)30/h2-13,23,31H,14H2,1H3,(H,29,30)/b24-22+. The zero-order valence-corrected chi connectivity index (χ0v) is 19.7. The van der Waals surface area contributed by atoms with Gasteiger partial charge in [-0.2, -0.15) is 0 Å². The third kappa shape index (κ3) is 4.45. The fourth-order valence-electron chi connectivity index (χ4n) is 3.91. The van der Waals surface area contributed by atoms with Crippen molar-refractivity contribution in [1.82, 2.24) is 0 Å². The maximum atomic E-state index is 13.2. The normalized spacial score (nSPS) is 17.1. The molecule has 1 heterocycles. The smallest absolute Gasteiger partial charge is 0.307 e. The van der Waals surface area contributed by atoms with E-state index >= 15 is 0 Å². The van der Waals surface area contributed by atoms with E-state index in [2.05, 4.69) is 15.9 Å². The van der Waals surface area contributed by atoms with E-state index in [-0.39, 0.29) is 17.8 Å². The number of ether oxygens (including phenoxy) is 1. The molecule has 34 heavy (non-hydrogen) atoms. The highest BCUT2D eigenvalue weighted by Gasteiger charge is 2.47. The number of nitrogens with zero attached hydrogens (tertiary/aromatic N) is 1. The Kier molecular flexibility index (Phi) is 6.51. The zero-order valence-electron chi connectivity index (χ0n) is 18.1. The Labute approximate surface area is 204 Å². The number of anilines is 1. The van der Waals surface area contributed by atoms with Crippen LogP contribution in [-0.4, -0.2) is 35.0 Å². The number of carbonyl (C=O) groups excluding carboxylic acids is 2. The van der Waals surface area contributed by atoms with E-state index in [1.807, 2.05) is 0 Å². The first-order valence-corrected chi connectivity index (χ1v) is 11.1. The Morgan fingerprint density at radius 1 is 0.941 bits per heavy atom. The van der Waals surface area contributed by atoms with Gasteiger partial charge in [0.25, 0.3) is 11.7 Å². The Morgan fingerprint density at radius 3 is 2.12 bits per heavy atom. The minimum Gasteiger partial charge on any atom is -0.507 e. The summed E-state index contributed by atoms with van der Waals surface area (Å²) in [5.74, 6) is -2.24. The van der Waals surface area contributed by atoms with E-state index in [1.54, 1.807) is 72.8 Å². The molecule has 2 N–H and O–H groups in total. The van der Waals surface area contributed by atoms with Crippen molar-refractivity contribution in [1.29, 1.82) is 0 Å². The largest absolute Gasteiger partial charge is 0.507 e. The van der Waals surface area contributed by atoms with Crippen LogP contribution in [0.25, 0.3) is 5.76 Å². The zero-order chi connectivity index (χ0) is 24.4. The summed E-state index contributed by atoms with van der Waals surface area (Å²) in [6.45, 7) is 0. The van der Waals surface area contributed by atoms with Crippen molar-refractivity contribution in [2.24, 2.45) is 0 Å². The number of rotatable bonds is 6. The van der Waals surface area contributed by atoms with Crippen molar-refractivity contribution in [3.8, 4) is 5.75 Å². The number of benzene rings is 3. The van der Waals surface area contributed by atoms with Crippen molar-refractivity contribution in [3.63, 3.8) is 0 Å². The number of aliphatic hydroxyl groups excluding tert-OH is 1. The molecular weight excluding hydrogens is 502 g/mol. The van der Waals surface area contributed by atoms with Crippen molar-refractivity contribution in [2.75, 3.05) is 12.0 Å². The van der Waals surface area contributed by atoms with Gasteiger partial charge in [-0.15, -0.1) is 0 Å². The first-order chi connectivity index (χ1) is 16.3. The molecule has 1 aliphatic rings. The van der Waals surface area contributed by atoms with Gasteiger partial charge in [0.05, 0.1) is 25.1 Å². The Hall–Kier alpha value is -3.91. The van der Waals surface area contributed by atoms with E-state index in [0.29, 0.717) is 28.1 Å². The first-order valence-electron chi connectivity index (χ1n) is 10.3. The number of aliphatic carboxylic acids is 1. The van der Waals surface area contributed by atoms with Crippen molar-refractivity contribution in [3.05, 3.63) is 99.5 Å². The quantitative estimate of drug-likeness (QED) is 0.276. The van der Waals surface area contributed by atoms with Gasteiger partial charge in [-0.3, -0.25) is 19.3 Å². The highest BCUT2D eigenvalue weighted by molar-refractivity contribution is 9.10. The predicted molar refractivity (Wildman–Crippen MR) is 130 cm³/mol. The molecule has 0 radical (unpaired) electrons. The molecule has 0 saturated carbocycles. The molecule has 0 spiro atoms. The van der Waals surface area contributed by atoms with Crippen LogP contribution in [0.1, 0.15) is 22.7 Å². The number of halogens is 1. The van der Waals surface area contributed by atoms with E-state index in [4.69, 9.17) is 9.84 Å². The van der Waals surface area contributed by atoms with E-state index in [0.717, 1.165) is 4.47 Å². The molecule has 8 heteroatoms. The second kappa shape index (κ2) is 9.52. The van der Waals surface area contributed by atoms with Crippen LogP contribution >= 0.6 is 15.9 Å². The van der Waals surface area contributed by atoms with Crippen LogP contribution in [0.5, 0.6) is 5.75 Å². The molecule has 0 aromatic heterocycles. The number of hydrogen-bond acceptors (Lipinski definition) is 5. The Balaban J connectivity index is 1.86. The van der Waals surface area contributed by atoms with Crippen LogP contribution in [0.2, 0.25) is 0 Å². The van der Waals surface area contributed by atoms with Gasteiger partial charge >= 0.3 is 5.97 Å². The second-order valence-corrected chi connectivity index (χ2v) is 8.60. The lowest BCUT2D eigenvalue weighted by Gasteiger charge is -2.25. The van der Waals surface area contributed by atoms with Gasteiger partial charge < -0.3 is 14.9 Å². The lowest BCUT2D eigenvalue weighted by Crippen LogP contribution is -2.29. The lowest BCUT2D eigenvalue weighted by molar-refractivity contribution is -0.136. The number of Topliss-reactive ketones (excluding diaryl/α,β-unsaturated/α-hetero) is 1. The molecule has 1 fully saturated rings. The summed E-state index contributed by atoms with van der Waals surface area (Å²) in [4.78, 5) is 38.7. The topological polar surface area (TPSA) is 104 Å². The van der Waals surface area contributed by atoms with Gasteiger partial charge in [-0.1, -0.05) is 52.3 Å². The summed E-state index contributed by atoms with van der Waals surface area (Å²) in [7, 11) is 1.54. The third-order valence-corrected chi connectivity index (χ3v) is 6.09. The number of carboxylic acids is 1. The molecule has 0 aliphatic carbocycles. The van der Waals surface area contributed by atoms with Crippen molar-refractivity contribution >= 4 is 45.0 Å². The van der Waals surface area contributed by atoms with Crippen molar-refractivity contribution in [2.45, 2.75) is 12.5 Å². The Morgan fingerprint density at radius 2 is 1.56 bits per heavy atom. The molecule has 7 nitrogen and oxygen atoms in total. The van der Waals surface area contributed by atoms with Gasteiger partial charge in [0.15, 0.2) is 0 Å². The van der Waals surface area contributed by atoms with Crippen LogP contribution in [0.4, 0.5) is 5.69 Å². The molecule has 1 aliphatic heterocycles. The van der Waals surface area contributed by atoms with Gasteiger partial charge in [-0.05, 0) is 47.5 Å². The average molecular weight is 522 g/mol. The number of amides is 1. The summed E-state index contributed by atoms with van der Waals surface area (Å²) in [6, 6.07) is 19.2. The second-order valence-electron chi connectivity index (χ2n) is 7.69. The number of aliphatic hydroxyl groups is 1. The highest BCUT2D eigenvalue weighted by Crippen LogP contribution is 2.42. The molecule has 1 atom stereocenters. The minimum absolute atomic E-state index is 0.0351. The van der Waals surface area contributed by atoms with E-state index < -0.39 is 23.7 Å². The number of ketones is 1. The molecular formula is C26H20BrNO6. The van der Waals surface area contributed by atoms with E-state index in [1.165, 1.54) is 12.0 Å². The molecule has 172 valence electrons. The lowest BCUT2D eigenvalue weighted by atomic mass is 9.95. The molecule has 3 aromatic rings. The number of carboxylic acid groups (broad SMARTS) is 1. The van der Waals surface area contributed by atoms with Gasteiger partial charge in [0, 0.05) is 15.7 Å². The summed E-state index contributed by atoms with van der Waals surface area (Å²) in [5, 5.41) is 20.1. The maximum absolute atomic E-state index is 13.2. The first kappa shape index (κ1) is 23.3. The summed E-state index contributed by atoms with van der Waals surface area (Å²) in [5.41, 5.74) is 1.94. The fraction of sp³-hybridized carbons (Fsp3) is 0.115. The van der Waals surface area contributed by atoms with Crippen LogP contribution in [-0.2, 0) is 20.8 Å². The molecule has 1 amide bonds. The predicted octanol–water partition coefficient (Wildman–Crippen LogP) is 4.71. The van der Waals surface area contributed by atoms with Gasteiger partial charge in [-0.25, -0.2) is 0 Å². The summed E-state index contributed by atoms with van der Waals surface area (Å²) in [6.07, 6.45) is -0.162. The minimum atomic E-state index is -0.971. The molecule has 1 unspecified atom stereocenters. The van der Waals surface area contributed by atoms with Crippen LogP contribution in [0.15, 0.2) is 82.8 Å². The van der Waals surface area contributed by atoms with Gasteiger partial charge in [0.1, 0.15) is 11.5 Å². The van der Waals surface area contributed by atoms with Gasteiger partial charge in [0.2, 0.25) is 0 Å². The SMILES string of the molecule is COc1ccc(C2/C(=C(\O)c3ccc(Br)cc3)C(=O)C(=O)N2c2ccc(CC(=O)O)cc2)cc1. The van der Waals surface area contributed by atoms with Crippen LogP contribution in [0, 0.1) is 0 Å². The van der Waals surface area contributed by atoms with E-state index in [9.17, 15) is 19.5 Å². The van der Waals surface area contributed by atoms with Crippen LogP contribution < -0.4 is 9.64 Å². The van der Waals surface area contributed by atoms with Crippen LogP contribution in [0.3, 0.4) is 0 Å². The summed E-state index contributed by atoms with van der Waals surface area (Å²) < 4.78 is 6.03. The molecule has 0 bridgehead atoms. The molecule has 1 saturated heterocycles. The van der Waals surface area contributed by atoms with Crippen molar-refractivity contribution < 1.29 is 29.3 Å². The summed E-state index contributed by atoms with van der Waals surface area (Å²) >= 11 is 3.35. The highest BCUT2D eigenvalue weighted by atomic mass is 79.9. The number of hydrogen-bond donors (Lipinski definition) is 2. The average Bonchev–Trinajstić information content (AvgIpc) is 3.10.